The van der Waals surface area contributed by atoms with Crippen molar-refractivity contribution < 1.29 is 0 Å². The van der Waals surface area contributed by atoms with Gasteiger partial charge >= 0.3 is 0 Å². The second-order valence-corrected chi connectivity index (χ2v) is 7.15. The van der Waals surface area contributed by atoms with Crippen LogP contribution in [-0.4, -0.2) is 31.1 Å². The first-order valence-electron chi connectivity index (χ1n) is 8.67. The van der Waals surface area contributed by atoms with Gasteiger partial charge in [0.1, 0.15) is 0 Å². The van der Waals surface area contributed by atoms with Crippen molar-refractivity contribution in [3.8, 4) is 0 Å². The molecule has 2 nitrogen and oxygen atoms in total. The molecule has 1 N–H and O–H groups in total. The van der Waals surface area contributed by atoms with Gasteiger partial charge < -0.3 is 5.32 Å². The maximum atomic E-state index is 3.60. The van der Waals surface area contributed by atoms with E-state index in [0.717, 1.165) is 12.0 Å². The third-order valence-electron chi connectivity index (χ3n) is 5.88. The van der Waals surface area contributed by atoms with E-state index in [1.807, 2.05) is 0 Å². The van der Waals surface area contributed by atoms with Crippen molar-refractivity contribution in [1.29, 1.82) is 0 Å². The predicted molar refractivity (Wildman–Crippen MR) is 89.5 cm³/mol. The summed E-state index contributed by atoms with van der Waals surface area (Å²) in [6.07, 6.45) is 8.08. The Bertz CT molecular complexity index is 462. The number of fused-ring (bicyclic) bond motifs is 1. The van der Waals surface area contributed by atoms with Crippen molar-refractivity contribution >= 4 is 0 Å². The summed E-state index contributed by atoms with van der Waals surface area (Å²) in [4.78, 5) is 2.70. The minimum Gasteiger partial charge on any atom is -0.312 e. The smallest absolute Gasteiger partial charge is 0.0478 e. The molecule has 0 bridgehead atoms. The van der Waals surface area contributed by atoms with Gasteiger partial charge in [0, 0.05) is 18.1 Å². The van der Waals surface area contributed by atoms with Crippen LogP contribution in [0.3, 0.4) is 0 Å². The van der Waals surface area contributed by atoms with Crippen molar-refractivity contribution in [1.82, 2.24) is 10.2 Å². The molecule has 0 heterocycles. The number of likely N-dealkylation sites (N-methyl/N-ethyl adjacent to an activating group) is 2. The summed E-state index contributed by atoms with van der Waals surface area (Å²) in [5.74, 6) is 0.932. The normalized spacial score (nSPS) is 33.0. The maximum Gasteiger partial charge on any atom is 0.0478 e. The zero-order valence-corrected chi connectivity index (χ0v) is 13.8. The number of benzene rings is 1. The molecule has 1 aromatic rings. The minimum atomic E-state index is 0.485. The van der Waals surface area contributed by atoms with E-state index in [4.69, 9.17) is 0 Å². The molecule has 116 valence electrons. The largest absolute Gasteiger partial charge is 0.312 e. The number of hydrogen-bond donors (Lipinski definition) is 1. The number of hydrogen-bond acceptors (Lipinski definition) is 2. The molecule has 0 spiro atoms. The van der Waals surface area contributed by atoms with Crippen LogP contribution in [0.2, 0.25) is 0 Å². The van der Waals surface area contributed by atoms with E-state index in [1.165, 1.54) is 44.1 Å². The van der Waals surface area contributed by atoms with Gasteiger partial charge in [0.15, 0.2) is 0 Å². The van der Waals surface area contributed by atoms with Gasteiger partial charge in [0.2, 0.25) is 0 Å². The Hall–Kier alpha value is -0.860. The van der Waals surface area contributed by atoms with Crippen LogP contribution < -0.4 is 5.32 Å². The molecule has 2 aliphatic rings. The van der Waals surface area contributed by atoms with Gasteiger partial charge in [-0.3, -0.25) is 4.90 Å². The van der Waals surface area contributed by atoms with Gasteiger partial charge in [-0.15, -0.1) is 0 Å². The van der Waals surface area contributed by atoms with E-state index in [-0.39, 0.29) is 0 Å². The third kappa shape index (κ3) is 3.02. The Morgan fingerprint density at radius 2 is 1.76 bits per heavy atom. The maximum absolute atomic E-state index is 3.60. The van der Waals surface area contributed by atoms with Gasteiger partial charge in [-0.05, 0) is 69.7 Å². The highest BCUT2D eigenvalue weighted by Crippen LogP contribution is 2.36. The fraction of sp³-hybridized carbons (Fsp3) is 0.684. The lowest BCUT2D eigenvalue weighted by molar-refractivity contribution is 0.0912. The lowest BCUT2D eigenvalue weighted by atomic mass is 9.81. The van der Waals surface area contributed by atoms with E-state index in [0.29, 0.717) is 12.1 Å². The lowest BCUT2D eigenvalue weighted by Gasteiger charge is -2.44. The highest BCUT2D eigenvalue weighted by Gasteiger charge is 2.34. The molecule has 21 heavy (non-hydrogen) atoms. The average molecular weight is 286 g/mol. The molecule has 1 aromatic carbocycles. The summed E-state index contributed by atoms with van der Waals surface area (Å²) in [5.41, 5.74) is 3.06. The first-order chi connectivity index (χ1) is 10.2. The number of nitrogens with one attached hydrogen (secondary N) is 1. The molecular formula is C19H30N2. The third-order valence-corrected chi connectivity index (χ3v) is 5.88. The quantitative estimate of drug-likeness (QED) is 0.910. The molecule has 1 fully saturated rings. The first-order valence-corrected chi connectivity index (χ1v) is 8.67. The van der Waals surface area contributed by atoms with Crippen LogP contribution in [0.4, 0.5) is 0 Å². The summed E-state index contributed by atoms with van der Waals surface area (Å²) in [5, 5.41) is 3.60. The number of rotatable bonds is 3. The molecular weight excluding hydrogens is 256 g/mol. The highest BCUT2D eigenvalue weighted by atomic mass is 15.2. The van der Waals surface area contributed by atoms with E-state index in [2.05, 4.69) is 55.5 Å². The van der Waals surface area contributed by atoms with E-state index in [1.54, 1.807) is 5.56 Å². The molecule has 0 aromatic heterocycles. The predicted octanol–water partition coefficient (Wildman–Crippen LogP) is 3.77. The molecule has 1 saturated carbocycles. The Morgan fingerprint density at radius 3 is 2.48 bits per heavy atom. The van der Waals surface area contributed by atoms with Crippen molar-refractivity contribution in [2.45, 2.75) is 63.6 Å². The van der Waals surface area contributed by atoms with Gasteiger partial charge in [-0.25, -0.2) is 0 Å². The van der Waals surface area contributed by atoms with Gasteiger partial charge in [0.05, 0.1) is 0 Å². The zero-order valence-electron chi connectivity index (χ0n) is 13.8. The Labute approximate surface area is 129 Å². The monoisotopic (exact) mass is 286 g/mol. The summed E-state index contributed by atoms with van der Waals surface area (Å²) in [6.45, 7) is 2.41. The SMILES string of the molecule is CNC1c2ccccc2CCC1N(C)C1CCC(C)CC1. The van der Waals surface area contributed by atoms with Gasteiger partial charge in [-0.1, -0.05) is 31.2 Å². The molecule has 2 unspecified atom stereocenters. The van der Waals surface area contributed by atoms with Crippen LogP contribution in [0.25, 0.3) is 0 Å². The lowest BCUT2D eigenvalue weighted by Crippen LogP contribution is -2.49. The Morgan fingerprint density at radius 1 is 1.05 bits per heavy atom. The van der Waals surface area contributed by atoms with Crippen molar-refractivity contribution in [3.05, 3.63) is 35.4 Å². The number of aryl methyl sites for hydroxylation is 1. The zero-order chi connectivity index (χ0) is 14.8. The summed E-state index contributed by atoms with van der Waals surface area (Å²) in [6, 6.07) is 10.9. The van der Waals surface area contributed by atoms with Crippen LogP contribution in [0.1, 0.15) is 56.2 Å². The van der Waals surface area contributed by atoms with Crippen molar-refractivity contribution in [2.75, 3.05) is 14.1 Å². The van der Waals surface area contributed by atoms with Crippen molar-refractivity contribution in [2.24, 2.45) is 5.92 Å². The molecule has 3 rings (SSSR count). The fourth-order valence-corrected chi connectivity index (χ4v) is 4.45. The second-order valence-electron chi connectivity index (χ2n) is 7.15. The number of nitrogens with zero attached hydrogens (tertiary/aromatic N) is 1. The molecule has 2 aliphatic carbocycles. The summed E-state index contributed by atoms with van der Waals surface area (Å²) >= 11 is 0. The topological polar surface area (TPSA) is 15.3 Å². The Balaban J connectivity index is 1.76. The van der Waals surface area contributed by atoms with E-state index < -0.39 is 0 Å². The Kier molecular flexibility index (Phi) is 4.66. The molecule has 2 heteroatoms. The van der Waals surface area contributed by atoms with Crippen LogP contribution in [0, 0.1) is 5.92 Å². The van der Waals surface area contributed by atoms with Crippen LogP contribution in [0.5, 0.6) is 0 Å². The van der Waals surface area contributed by atoms with Gasteiger partial charge in [-0.2, -0.15) is 0 Å². The standard InChI is InChI=1S/C19H30N2/c1-14-8-11-16(12-9-14)21(3)18-13-10-15-6-4-5-7-17(15)19(18)20-2/h4-7,14,16,18-20H,8-13H2,1-3H3. The highest BCUT2D eigenvalue weighted by molar-refractivity contribution is 5.34. The summed E-state index contributed by atoms with van der Waals surface area (Å²) < 4.78 is 0. The molecule has 0 saturated heterocycles. The van der Waals surface area contributed by atoms with E-state index >= 15 is 0 Å². The van der Waals surface area contributed by atoms with Crippen LogP contribution in [0.15, 0.2) is 24.3 Å². The minimum absolute atomic E-state index is 0.485. The van der Waals surface area contributed by atoms with Crippen molar-refractivity contribution in [3.63, 3.8) is 0 Å². The van der Waals surface area contributed by atoms with Crippen LogP contribution >= 0.6 is 0 Å². The molecule has 0 aliphatic heterocycles. The molecule has 2 atom stereocenters. The summed E-state index contributed by atoms with van der Waals surface area (Å²) in [7, 11) is 4.49. The molecule has 0 radical (unpaired) electrons. The average Bonchev–Trinajstić information content (AvgIpc) is 2.53. The van der Waals surface area contributed by atoms with E-state index in [9.17, 15) is 0 Å². The second kappa shape index (κ2) is 6.50. The first kappa shape index (κ1) is 15.1. The molecule has 0 amide bonds. The van der Waals surface area contributed by atoms with Gasteiger partial charge in [0.25, 0.3) is 0 Å². The fourth-order valence-electron chi connectivity index (χ4n) is 4.45. The van der Waals surface area contributed by atoms with Crippen LogP contribution in [-0.2, 0) is 6.42 Å².